The quantitative estimate of drug-likeness (QED) is 0.850. The summed E-state index contributed by atoms with van der Waals surface area (Å²) in [6, 6.07) is 6.87. The number of carboxylic acids is 1. The Bertz CT molecular complexity index is 507. The molecule has 0 saturated carbocycles. The molecule has 0 aliphatic rings. The van der Waals surface area contributed by atoms with E-state index in [9.17, 15) is 13.2 Å². The highest BCUT2D eigenvalue weighted by molar-refractivity contribution is 7.92. The van der Waals surface area contributed by atoms with Gasteiger partial charge in [-0.2, -0.15) is 0 Å². The number of carbonyl (C=O) groups is 1. The summed E-state index contributed by atoms with van der Waals surface area (Å²) in [5.74, 6) is -0.797. The average Bonchev–Trinajstić information content (AvgIpc) is 2.36. The fraction of sp³-hybridized carbons (Fsp3) is 0.417. The first kappa shape index (κ1) is 14.5. The Labute approximate surface area is 107 Å². The molecule has 0 spiro atoms. The third kappa shape index (κ3) is 3.73. The van der Waals surface area contributed by atoms with E-state index in [4.69, 9.17) is 5.11 Å². The van der Waals surface area contributed by atoms with Crippen LogP contribution < -0.4 is 4.31 Å². The van der Waals surface area contributed by atoms with Crippen molar-refractivity contribution in [3.63, 3.8) is 0 Å². The molecular weight excluding hydrogens is 254 g/mol. The molecule has 0 radical (unpaired) electrons. The molecule has 1 N–H and O–H groups in total. The molecule has 0 aromatic heterocycles. The van der Waals surface area contributed by atoms with Crippen LogP contribution in [0.25, 0.3) is 0 Å². The van der Waals surface area contributed by atoms with Gasteiger partial charge in [0.15, 0.2) is 0 Å². The van der Waals surface area contributed by atoms with Crippen molar-refractivity contribution >= 4 is 21.7 Å². The molecule has 1 aromatic carbocycles. The van der Waals surface area contributed by atoms with E-state index in [-0.39, 0.29) is 12.2 Å². The molecule has 0 amide bonds. The van der Waals surface area contributed by atoms with Crippen LogP contribution in [0.4, 0.5) is 5.69 Å². The van der Waals surface area contributed by atoms with Gasteiger partial charge in [-0.15, -0.1) is 0 Å². The van der Waals surface area contributed by atoms with Crippen molar-refractivity contribution in [2.75, 3.05) is 17.1 Å². The van der Waals surface area contributed by atoms with E-state index in [1.165, 1.54) is 11.4 Å². The van der Waals surface area contributed by atoms with Gasteiger partial charge in [-0.25, -0.2) is 8.42 Å². The lowest BCUT2D eigenvalue weighted by atomic mass is 10.1. The highest BCUT2D eigenvalue weighted by atomic mass is 32.2. The van der Waals surface area contributed by atoms with E-state index >= 15 is 0 Å². The molecular formula is C12H17NO4S. The molecule has 0 bridgehead atoms. The van der Waals surface area contributed by atoms with Crippen molar-refractivity contribution in [1.82, 2.24) is 0 Å². The second-order valence-electron chi connectivity index (χ2n) is 3.93. The fourth-order valence-corrected chi connectivity index (χ4v) is 2.31. The third-order valence-electron chi connectivity index (χ3n) is 2.71. The number of benzene rings is 1. The van der Waals surface area contributed by atoms with Crippen LogP contribution in [0.1, 0.15) is 18.9 Å². The molecule has 18 heavy (non-hydrogen) atoms. The smallest absolute Gasteiger partial charge is 0.303 e. The second kappa shape index (κ2) is 5.86. The number of aliphatic carboxylic acids is 1. The Hall–Kier alpha value is -1.56. The Morgan fingerprint density at radius 2 is 1.83 bits per heavy atom. The van der Waals surface area contributed by atoms with E-state index in [0.717, 1.165) is 5.56 Å². The highest BCUT2D eigenvalue weighted by Gasteiger charge is 2.15. The minimum atomic E-state index is -3.25. The van der Waals surface area contributed by atoms with Crippen LogP contribution in [-0.2, 0) is 21.2 Å². The summed E-state index contributed by atoms with van der Waals surface area (Å²) >= 11 is 0. The molecule has 0 saturated heterocycles. The molecule has 5 nitrogen and oxygen atoms in total. The maximum atomic E-state index is 11.6. The van der Waals surface area contributed by atoms with Gasteiger partial charge >= 0.3 is 5.97 Å². The Kier molecular flexibility index (Phi) is 4.72. The van der Waals surface area contributed by atoms with Crippen molar-refractivity contribution in [1.29, 1.82) is 0 Å². The zero-order chi connectivity index (χ0) is 13.8. The predicted molar refractivity (Wildman–Crippen MR) is 70.3 cm³/mol. The van der Waals surface area contributed by atoms with E-state index in [1.54, 1.807) is 31.2 Å². The molecule has 0 atom stereocenters. The number of carboxylic acid groups (broad SMARTS) is 1. The minimum Gasteiger partial charge on any atom is -0.481 e. The van der Waals surface area contributed by atoms with Gasteiger partial charge in [0, 0.05) is 13.5 Å². The van der Waals surface area contributed by atoms with E-state index in [0.29, 0.717) is 12.1 Å². The van der Waals surface area contributed by atoms with Crippen LogP contribution in [-0.4, -0.2) is 32.3 Å². The first-order valence-electron chi connectivity index (χ1n) is 5.64. The van der Waals surface area contributed by atoms with Crippen molar-refractivity contribution in [3.05, 3.63) is 29.8 Å². The average molecular weight is 271 g/mol. The number of nitrogens with zero attached hydrogens (tertiary/aromatic N) is 1. The van der Waals surface area contributed by atoms with Gasteiger partial charge < -0.3 is 5.11 Å². The third-order valence-corrected chi connectivity index (χ3v) is 4.48. The predicted octanol–water partition coefficient (Wildman–Crippen LogP) is 1.49. The summed E-state index contributed by atoms with van der Waals surface area (Å²) in [6.45, 7) is 1.59. The van der Waals surface area contributed by atoms with Gasteiger partial charge in [0.25, 0.3) is 0 Å². The van der Waals surface area contributed by atoms with E-state index in [2.05, 4.69) is 0 Å². The molecule has 1 aromatic rings. The lowest BCUT2D eigenvalue weighted by Gasteiger charge is -2.18. The number of hydrogen-bond acceptors (Lipinski definition) is 3. The molecule has 0 unspecified atom stereocenters. The van der Waals surface area contributed by atoms with Crippen molar-refractivity contribution in [2.24, 2.45) is 0 Å². The minimum absolute atomic E-state index is 0.0459. The van der Waals surface area contributed by atoms with E-state index < -0.39 is 16.0 Å². The molecule has 1 rings (SSSR count). The fourth-order valence-electron chi connectivity index (χ4n) is 1.48. The second-order valence-corrected chi connectivity index (χ2v) is 6.22. The zero-order valence-electron chi connectivity index (χ0n) is 10.5. The molecule has 0 aliphatic heterocycles. The summed E-state index contributed by atoms with van der Waals surface area (Å²) in [6.07, 6.45) is 0.516. The summed E-state index contributed by atoms with van der Waals surface area (Å²) < 4.78 is 24.5. The zero-order valence-corrected chi connectivity index (χ0v) is 11.3. The van der Waals surface area contributed by atoms with Crippen LogP contribution >= 0.6 is 0 Å². The van der Waals surface area contributed by atoms with Gasteiger partial charge in [0.2, 0.25) is 10.0 Å². The highest BCUT2D eigenvalue weighted by Crippen LogP contribution is 2.17. The molecule has 0 aliphatic carbocycles. The van der Waals surface area contributed by atoms with Gasteiger partial charge in [0.05, 0.1) is 11.4 Å². The van der Waals surface area contributed by atoms with Crippen LogP contribution in [0.5, 0.6) is 0 Å². The SMILES string of the molecule is CCS(=O)(=O)N(C)c1ccc(CCC(=O)O)cc1. The normalized spacial score (nSPS) is 11.2. The first-order chi connectivity index (χ1) is 8.36. The summed E-state index contributed by atoms with van der Waals surface area (Å²) in [5.41, 5.74) is 1.46. The van der Waals surface area contributed by atoms with E-state index in [1.807, 2.05) is 0 Å². The van der Waals surface area contributed by atoms with Crippen LogP contribution in [0.2, 0.25) is 0 Å². The van der Waals surface area contributed by atoms with Crippen molar-refractivity contribution in [2.45, 2.75) is 19.8 Å². The molecule has 100 valence electrons. The van der Waals surface area contributed by atoms with Crippen molar-refractivity contribution in [3.8, 4) is 0 Å². The summed E-state index contributed by atoms with van der Waals surface area (Å²) in [5, 5.41) is 8.57. The first-order valence-corrected chi connectivity index (χ1v) is 7.25. The van der Waals surface area contributed by atoms with Crippen LogP contribution in [0.3, 0.4) is 0 Å². The van der Waals surface area contributed by atoms with Crippen molar-refractivity contribution < 1.29 is 18.3 Å². The number of sulfonamides is 1. The molecule has 0 fully saturated rings. The topological polar surface area (TPSA) is 74.7 Å². The van der Waals surface area contributed by atoms with Crippen LogP contribution in [0, 0.1) is 0 Å². The summed E-state index contributed by atoms with van der Waals surface area (Å²) in [7, 11) is -1.75. The van der Waals surface area contributed by atoms with Gasteiger partial charge in [-0.3, -0.25) is 9.10 Å². The van der Waals surface area contributed by atoms with Gasteiger partial charge in [-0.05, 0) is 31.0 Å². The van der Waals surface area contributed by atoms with Crippen LogP contribution in [0.15, 0.2) is 24.3 Å². The Balaban J connectivity index is 2.80. The monoisotopic (exact) mass is 271 g/mol. The Morgan fingerprint density at radius 1 is 1.28 bits per heavy atom. The number of anilines is 1. The maximum absolute atomic E-state index is 11.6. The maximum Gasteiger partial charge on any atom is 0.303 e. The lowest BCUT2D eigenvalue weighted by Crippen LogP contribution is -2.27. The molecule has 6 heteroatoms. The Morgan fingerprint density at radius 3 is 2.28 bits per heavy atom. The number of hydrogen-bond donors (Lipinski definition) is 1. The number of rotatable bonds is 6. The van der Waals surface area contributed by atoms with Gasteiger partial charge in [0.1, 0.15) is 0 Å². The molecule has 0 heterocycles. The van der Waals surface area contributed by atoms with Gasteiger partial charge in [-0.1, -0.05) is 12.1 Å². The lowest BCUT2D eigenvalue weighted by molar-refractivity contribution is -0.136. The number of aryl methyl sites for hydroxylation is 1. The largest absolute Gasteiger partial charge is 0.481 e. The summed E-state index contributed by atoms with van der Waals surface area (Å²) in [4.78, 5) is 10.4. The standard InChI is InChI=1S/C12H17NO4S/c1-3-18(16,17)13(2)11-7-4-10(5-8-11)6-9-12(14)15/h4-5,7-8H,3,6,9H2,1-2H3,(H,14,15).